The van der Waals surface area contributed by atoms with E-state index in [9.17, 15) is 14.4 Å². The van der Waals surface area contributed by atoms with Crippen molar-refractivity contribution in [3.63, 3.8) is 0 Å². The first kappa shape index (κ1) is 22.8. The Morgan fingerprint density at radius 3 is 2.58 bits per heavy atom. The van der Waals surface area contributed by atoms with Crippen molar-refractivity contribution in [3.8, 4) is 0 Å². The smallest absolute Gasteiger partial charge is 0.263 e. The zero-order valence-electron chi connectivity index (χ0n) is 19.0. The van der Waals surface area contributed by atoms with Crippen molar-refractivity contribution < 1.29 is 9.59 Å². The quantitative estimate of drug-likeness (QED) is 0.732. The SMILES string of the molecule is Cc1nn(C)c(C)c1CCNC(=O)c1cccn(CC(=O)N(C)C2CCCCC2)c1=O. The fraction of sp³-hybridized carbons (Fsp3) is 0.565. The second kappa shape index (κ2) is 9.94. The molecule has 1 fully saturated rings. The van der Waals surface area contributed by atoms with Crippen molar-refractivity contribution in [2.45, 2.75) is 65.0 Å². The molecule has 1 aliphatic carbocycles. The molecule has 0 radical (unpaired) electrons. The van der Waals surface area contributed by atoms with Gasteiger partial charge in [-0.3, -0.25) is 19.1 Å². The second-order valence-electron chi connectivity index (χ2n) is 8.43. The number of rotatable bonds is 7. The molecular weight excluding hydrogens is 394 g/mol. The van der Waals surface area contributed by atoms with Crippen molar-refractivity contribution in [3.05, 3.63) is 51.2 Å². The van der Waals surface area contributed by atoms with E-state index in [4.69, 9.17) is 0 Å². The van der Waals surface area contributed by atoms with Crippen molar-refractivity contribution in [1.82, 2.24) is 24.6 Å². The molecule has 0 saturated heterocycles. The average molecular weight is 428 g/mol. The molecule has 1 saturated carbocycles. The first-order chi connectivity index (χ1) is 14.8. The van der Waals surface area contributed by atoms with Crippen LogP contribution in [0, 0.1) is 13.8 Å². The van der Waals surface area contributed by atoms with E-state index in [1.807, 2.05) is 32.6 Å². The molecule has 0 atom stereocenters. The van der Waals surface area contributed by atoms with Crippen LogP contribution < -0.4 is 10.9 Å². The van der Waals surface area contributed by atoms with Crippen LogP contribution in [-0.4, -0.2) is 50.7 Å². The average Bonchev–Trinajstić information content (AvgIpc) is 3.01. The van der Waals surface area contributed by atoms with Crippen LogP contribution >= 0.6 is 0 Å². The summed E-state index contributed by atoms with van der Waals surface area (Å²) in [6.45, 7) is 4.29. The van der Waals surface area contributed by atoms with Crippen LogP contribution in [0.1, 0.15) is 59.4 Å². The Bertz CT molecular complexity index is 1000. The van der Waals surface area contributed by atoms with Crippen LogP contribution in [0.3, 0.4) is 0 Å². The van der Waals surface area contributed by atoms with Crippen molar-refractivity contribution in [2.75, 3.05) is 13.6 Å². The number of aromatic nitrogens is 3. The highest BCUT2D eigenvalue weighted by Crippen LogP contribution is 2.21. The first-order valence-electron chi connectivity index (χ1n) is 11.0. The number of aryl methyl sites for hydroxylation is 2. The van der Waals surface area contributed by atoms with Gasteiger partial charge in [0, 0.05) is 38.6 Å². The van der Waals surface area contributed by atoms with Gasteiger partial charge in [0.05, 0.1) is 5.69 Å². The minimum atomic E-state index is -0.445. The molecule has 2 aromatic rings. The molecule has 168 valence electrons. The van der Waals surface area contributed by atoms with Gasteiger partial charge in [-0.2, -0.15) is 5.10 Å². The summed E-state index contributed by atoms with van der Waals surface area (Å²) in [4.78, 5) is 39.9. The molecule has 0 bridgehead atoms. The van der Waals surface area contributed by atoms with Gasteiger partial charge in [0.25, 0.3) is 11.5 Å². The molecule has 3 rings (SSSR count). The van der Waals surface area contributed by atoms with Crippen molar-refractivity contribution in [2.24, 2.45) is 7.05 Å². The molecule has 8 nitrogen and oxygen atoms in total. The third-order valence-electron chi connectivity index (χ3n) is 6.41. The molecule has 0 aromatic carbocycles. The fourth-order valence-electron chi connectivity index (χ4n) is 4.34. The maximum Gasteiger partial charge on any atom is 0.263 e. The van der Waals surface area contributed by atoms with Gasteiger partial charge in [0.15, 0.2) is 0 Å². The molecule has 2 aromatic heterocycles. The molecule has 31 heavy (non-hydrogen) atoms. The number of pyridine rings is 1. The Kier molecular flexibility index (Phi) is 7.30. The molecule has 2 heterocycles. The Morgan fingerprint density at radius 1 is 1.23 bits per heavy atom. The maximum atomic E-state index is 12.8. The van der Waals surface area contributed by atoms with Gasteiger partial charge >= 0.3 is 0 Å². The van der Waals surface area contributed by atoms with Gasteiger partial charge in [0.1, 0.15) is 12.1 Å². The lowest BCUT2D eigenvalue weighted by molar-refractivity contribution is -0.133. The van der Waals surface area contributed by atoms with Crippen molar-refractivity contribution in [1.29, 1.82) is 0 Å². The number of amides is 2. The predicted molar refractivity (Wildman–Crippen MR) is 119 cm³/mol. The molecular formula is C23H33N5O3. The zero-order chi connectivity index (χ0) is 22.5. The second-order valence-corrected chi connectivity index (χ2v) is 8.43. The fourth-order valence-corrected chi connectivity index (χ4v) is 4.34. The summed E-state index contributed by atoms with van der Waals surface area (Å²) in [6.07, 6.45) is 7.71. The monoisotopic (exact) mass is 427 g/mol. The Labute approximate surface area is 183 Å². The van der Waals surface area contributed by atoms with E-state index in [0.717, 1.165) is 42.6 Å². The van der Waals surface area contributed by atoms with E-state index in [1.165, 1.54) is 17.1 Å². The zero-order valence-corrected chi connectivity index (χ0v) is 19.0. The van der Waals surface area contributed by atoms with Gasteiger partial charge in [0.2, 0.25) is 5.91 Å². The summed E-state index contributed by atoms with van der Waals surface area (Å²) in [5.41, 5.74) is 2.71. The van der Waals surface area contributed by atoms with Crippen LogP contribution in [0.2, 0.25) is 0 Å². The highest BCUT2D eigenvalue weighted by molar-refractivity contribution is 5.93. The normalized spacial score (nSPS) is 14.5. The first-order valence-corrected chi connectivity index (χ1v) is 11.0. The van der Waals surface area contributed by atoms with Gasteiger partial charge in [-0.05, 0) is 50.8 Å². The van der Waals surface area contributed by atoms with Crippen LogP contribution in [-0.2, 0) is 24.8 Å². The predicted octanol–water partition coefficient (Wildman–Crippen LogP) is 1.96. The van der Waals surface area contributed by atoms with Crippen LogP contribution in [0.4, 0.5) is 0 Å². The number of carbonyl (C=O) groups excluding carboxylic acids is 2. The van der Waals surface area contributed by atoms with Gasteiger partial charge in [-0.25, -0.2) is 0 Å². The minimum absolute atomic E-state index is 0.0512. The van der Waals surface area contributed by atoms with Gasteiger partial charge in [-0.1, -0.05) is 19.3 Å². The van der Waals surface area contributed by atoms with Crippen LogP contribution in [0.5, 0.6) is 0 Å². The van der Waals surface area contributed by atoms with E-state index in [-0.39, 0.29) is 24.1 Å². The summed E-state index contributed by atoms with van der Waals surface area (Å²) in [6, 6.07) is 3.38. The van der Waals surface area contributed by atoms with Gasteiger partial charge in [-0.15, -0.1) is 0 Å². The lowest BCUT2D eigenvalue weighted by Crippen LogP contribution is -2.42. The lowest BCUT2D eigenvalue weighted by Gasteiger charge is -2.31. The number of hydrogen-bond acceptors (Lipinski definition) is 4. The molecule has 0 aliphatic heterocycles. The third kappa shape index (κ3) is 5.24. The van der Waals surface area contributed by atoms with E-state index in [0.29, 0.717) is 13.0 Å². The summed E-state index contributed by atoms with van der Waals surface area (Å²) in [5.74, 6) is -0.527. The highest BCUT2D eigenvalue weighted by Gasteiger charge is 2.23. The number of hydrogen-bond donors (Lipinski definition) is 1. The Morgan fingerprint density at radius 2 is 1.94 bits per heavy atom. The topological polar surface area (TPSA) is 89.2 Å². The number of likely N-dealkylation sites (N-methyl/N-ethyl adjacent to an activating group) is 1. The number of nitrogens with zero attached hydrogens (tertiary/aromatic N) is 4. The van der Waals surface area contributed by atoms with E-state index < -0.39 is 11.5 Å². The minimum Gasteiger partial charge on any atom is -0.352 e. The number of carbonyl (C=O) groups is 2. The standard InChI is InChI=1S/C23H33N5O3/c1-16-19(17(2)27(4)25-16)12-13-24-22(30)20-11-8-14-28(23(20)31)15-21(29)26(3)18-9-6-5-7-10-18/h8,11,14,18H,5-7,9-10,12-13,15H2,1-4H3,(H,24,30). The summed E-state index contributed by atoms with van der Waals surface area (Å²) >= 11 is 0. The van der Waals surface area contributed by atoms with E-state index in [2.05, 4.69) is 10.4 Å². The third-order valence-corrected chi connectivity index (χ3v) is 6.41. The molecule has 1 N–H and O–H groups in total. The molecule has 2 amide bonds. The lowest BCUT2D eigenvalue weighted by atomic mass is 9.94. The maximum absolute atomic E-state index is 12.8. The molecule has 8 heteroatoms. The molecule has 0 unspecified atom stereocenters. The van der Waals surface area contributed by atoms with E-state index in [1.54, 1.807) is 17.2 Å². The van der Waals surface area contributed by atoms with Crippen LogP contribution in [0.25, 0.3) is 0 Å². The number of nitrogens with one attached hydrogen (secondary N) is 1. The van der Waals surface area contributed by atoms with Crippen molar-refractivity contribution >= 4 is 11.8 Å². The summed E-state index contributed by atoms with van der Waals surface area (Å²) in [5, 5.41) is 7.20. The summed E-state index contributed by atoms with van der Waals surface area (Å²) in [7, 11) is 3.70. The van der Waals surface area contributed by atoms with Gasteiger partial charge < -0.3 is 14.8 Å². The highest BCUT2D eigenvalue weighted by atomic mass is 16.2. The molecule has 0 spiro atoms. The Balaban J connectivity index is 1.62. The van der Waals surface area contributed by atoms with Crippen LogP contribution in [0.15, 0.2) is 23.1 Å². The largest absolute Gasteiger partial charge is 0.352 e. The Hall–Kier alpha value is -2.90. The molecule has 1 aliphatic rings. The summed E-state index contributed by atoms with van der Waals surface area (Å²) < 4.78 is 3.15. The van der Waals surface area contributed by atoms with E-state index >= 15 is 0 Å².